The second-order valence-corrected chi connectivity index (χ2v) is 9.51. The molecule has 0 aliphatic heterocycles. The number of rotatable bonds is 10. The maximum atomic E-state index is 13.3. The van der Waals surface area contributed by atoms with Crippen LogP contribution in [-0.4, -0.2) is 42.2 Å². The van der Waals surface area contributed by atoms with Gasteiger partial charge in [-0.25, -0.2) is 4.79 Å². The van der Waals surface area contributed by atoms with Crippen molar-refractivity contribution in [3.8, 4) is 5.75 Å². The third-order valence-corrected chi connectivity index (χ3v) is 5.48. The summed E-state index contributed by atoms with van der Waals surface area (Å²) in [5, 5.41) is 4.97. The first kappa shape index (κ1) is 24.7. The normalized spacial score (nSPS) is 12.2. The number of methoxy groups -OCH3 is 1. The molecule has 0 unspecified atom stereocenters. The van der Waals surface area contributed by atoms with E-state index in [0.717, 1.165) is 24.1 Å². The summed E-state index contributed by atoms with van der Waals surface area (Å²) in [5.74, 6) is 0.623. The number of unbranched alkanes of at least 4 members (excludes halogenated alkanes) is 1. The van der Waals surface area contributed by atoms with Crippen molar-refractivity contribution in [3.05, 3.63) is 52.2 Å². The van der Waals surface area contributed by atoms with Gasteiger partial charge in [0.25, 0.3) is 5.91 Å². The molecule has 0 fully saturated rings. The summed E-state index contributed by atoms with van der Waals surface area (Å²) in [6.45, 7) is 8.51. The zero-order chi connectivity index (χ0) is 22.9. The minimum atomic E-state index is -0.574. The number of nitrogens with zero attached hydrogens (tertiary/aromatic N) is 1. The quantitative estimate of drug-likeness (QED) is 0.524. The zero-order valence-electron chi connectivity index (χ0n) is 19.1. The van der Waals surface area contributed by atoms with Gasteiger partial charge in [0, 0.05) is 23.0 Å². The highest BCUT2D eigenvalue weighted by Gasteiger charge is 2.24. The number of carbonyl (C=O) groups excluding carboxylic acids is 2. The fraction of sp³-hybridized carbons (Fsp3) is 0.500. The highest BCUT2D eigenvalue weighted by atomic mass is 32.1. The van der Waals surface area contributed by atoms with Crippen molar-refractivity contribution in [2.45, 2.75) is 65.1 Å². The summed E-state index contributed by atoms with van der Waals surface area (Å²) in [5.41, 5.74) is 0.0125. The monoisotopic (exact) mass is 446 g/mol. The Hall–Kier alpha value is -2.54. The summed E-state index contributed by atoms with van der Waals surface area (Å²) in [6.07, 6.45) is 2.27. The van der Waals surface area contributed by atoms with Crippen LogP contribution in [0.15, 0.2) is 41.8 Å². The molecule has 2 aromatic rings. The van der Waals surface area contributed by atoms with Crippen LogP contribution >= 0.6 is 11.3 Å². The Bertz CT molecular complexity index is 813. The smallest absolute Gasteiger partial charge is 0.407 e. The number of carbonyl (C=O) groups is 2. The summed E-state index contributed by atoms with van der Waals surface area (Å²) < 4.78 is 10.6. The van der Waals surface area contributed by atoms with Crippen LogP contribution in [0.25, 0.3) is 0 Å². The number of hydrogen-bond acceptors (Lipinski definition) is 5. The molecule has 0 saturated heterocycles. The fourth-order valence-electron chi connectivity index (χ4n) is 3.13. The lowest BCUT2D eigenvalue weighted by Gasteiger charge is -2.29. The predicted molar refractivity (Wildman–Crippen MR) is 125 cm³/mol. The van der Waals surface area contributed by atoms with E-state index in [1.807, 2.05) is 38.3 Å². The molecule has 0 aliphatic rings. The van der Waals surface area contributed by atoms with Crippen LogP contribution < -0.4 is 10.1 Å². The van der Waals surface area contributed by atoms with Gasteiger partial charge < -0.3 is 19.7 Å². The minimum absolute atomic E-state index is 0.0801. The van der Waals surface area contributed by atoms with Crippen molar-refractivity contribution < 1.29 is 19.1 Å². The van der Waals surface area contributed by atoms with Gasteiger partial charge in [0.15, 0.2) is 0 Å². The summed E-state index contributed by atoms with van der Waals surface area (Å²) in [7, 11) is 1.60. The lowest BCUT2D eigenvalue weighted by Crippen LogP contribution is -2.47. The molecule has 1 atom stereocenters. The second kappa shape index (κ2) is 11.7. The summed E-state index contributed by atoms with van der Waals surface area (Å²) in [6, 6.07) is 10.9. The number of hydrogen-bond donors (Lipinski definition) is 1. The van der Waals surface area contributed by atoms with Crippen LogP contribution in [-0.2, 0) is 11.3 Å². The van der Waals surface area contributed by atoms with Crippen LogP contribution in [0, 0.1) is 0 Å². The number of nitrogens with one attached hydrogen (secondary N) is 1. The van der Waals surface area contributed by atoms with Crippen molar-refractivity contribution in [1.29, 1.82) is 0 Å². The minimum Gasteiger partial charge on any atom is -0.497 e. The van der Waals surface area contributed by atoms with Crippen molar-refractivity contribution in [2.24, 2.45) is 0 Å². The van der Waals surface area contributed by atoms with Gasteiger partial charge in [0.05, 0.1) is 13.7 Å². The lowest BCUT2D eigenvalue weighted by atomic mass is 10.1. The van der Waals surface area contributed by atoms with E-state index in [0.29, 0.717) is 24.4 Å². The average Bonchev–Trinajstić information content (AvgIpc) is 3.22. The highest BCUT2D eigenvalue weighted by molar-refractivity contribution is 7.09. The van der Waals surface area contributed by atoms with Crippen molar-refractivity contribution >= 4 is 23.3 Å². The molecular weight excluding hydrogens is 412 g/mol. The largest absolute Gasteiger partial charge is 0.497 e. The van der Waals surface area contributed by atoms with Crippen LogP contribution in [0.5, 0.6) is 5.75 Å². The molecule has 1 aromatic carbocycles. The maximum absolute atomic E-state index is 13.3. The first-order valence-electron chi connectivity index (χ1n) is 10.7. The van der Waals surface area contributed by atoms with E-state index in [1.165, 1.54) is 0 Å². The molecule has 0 bridgehead atoms. The van der Waals surface area contributed by atoms with E-state index < -0.39 is 11.7 Å². The van der Waals surface area contributed by atoms with Crippen molar-refractivity contribution in [2.75, 3.05) is 13.7 Å². The van der Waals surface area contributed by atoms with Gasteiger partial charge in [-0.05, 0) is 62.9 Å². The van der Waals surface area contributed by atoms with Crippen molar-refractivity contribution in [3.63, 3.8) is 0 Å². The summed E-state index contributed by atoms with van der Waals surface area (Å²) >= 11 is 1.61. The second-order valence-electron chi connectivity index (χ2n) is 8.48. The highest BCUT2D eigenvalue weighted by Crippen LogP contribution is 2.18. The fourth-order valence-corrected chi connectivity index (χ4v) is 3.85. The third kappa shape index (κ3) is 8.61. The summed E-state index contributed by atoms with van der Waals surface area (Å²) in [4.78, 5) is 28.6. The molecule has 0 spiro atoms. The first-order valence-corrected chi connectivity index (χ1v) is 11.5. The number of ether oxygens (including phenoxy) is 2. The average molecular weight is 447 g/mol. The van der Waals surface area contributed by atoms with Gasteiger partial charge in [0.2, 0.25) is 0 Å². The molecule has 2 rings (SSSR count). The van der Waals surface area contributed by atoms with E-state index >= 15 is 0 Å². The number of alkyl carbamates (subject to hydrolysis) is 1. The van der Waals surface area contributed by atoms with Crippen LogP contribution in [0.3, 0.4) is 0 Å². The molecule has 1 aromatic heterocycles. The zero-order valence-corrected chi connectivity index (χ0v) is 20.0. The topological polar surface area (TPSA) is 67.9 Å². The van der Waals surface area contributed by atoms with Gasteiger partial charge in [-0.3, -0.25) is 4.79 Å². The molecule has 170 valence electrons. The molecule has 6 nitrogen and oxygen atoms in total. The van der Waals surface area contributed by atoms with E-state index in [4.69, 9.17) is 9.47 Å². The van der Waals surface area contributed by atoms with E-state index in [-0.39, 0.29) is 11.9 Å². The van der Waals surface area contributed by atoms with E-state index in [9.17, 15) is 9.59 Å². The van der Waals surface area contributed by atoms with E-state index in [2.05, 4.69) is 12.2 Å². The Kier molecular flexibility index (Phi) is 9.37. The predicted octanol–water partition coefficient (Wildman–Crippen LogP) is 5.48. The lowest BCUT2D eigenvalue weighted by molar-refractivity contribution is 0.0472. The first-order chi connectivity index (χ1) is 14.7. The Morgan fingerprint density at radius 2 is 1.87 bits per heavy atom. The van der Waals surface area contributed by atoms with Crippen LogP contribution in [0.2, 0.25) is 0 Å². The standard InChI is InChI=1S/C24H34N2O4S/c1-6-7-9-19(25-23(28)30-24(2,3)4)16-26(17-21-10-8-15-31-21)22(27)18-11-13-20(29-5)14-12-18/h8,10-15,19H,6-7,9,16-17H2,1-5H3,(H,25,28)/t19-/m0/s1. The molecule has 1 N–H and O–H groups in total. The van der Waals surface area contributed by atoms with Crippen LogP contribution in [0.1, 0.15) is 62.2 Å². The van der Waals surface area contributed by atoms with E-state index in [1.54, 1.807) is 47.6 Å². The molecule has 0 saturated carbocycles. The maximum Gasteiger partial charge on any atom is 0.407 e. The molecule has 31 heavy (non-hydrogen) atoms. The van der Waals surface area contributed by atoms with Crippen LogP contribution in [0.4, 0.5) is 4.79 Å². The van der Waals surface area contributed by atoms with Gasteiger partial charge in [-0.1, -0.05) is 25.8 Å². The SMILES string of the molecule is CCCC[C@@H](CN(Cc1cccs1)C(=O)c1ccc(OC)cc1)NC(=O)OC(C)(C)C. The van der Waals surface area contributed by atoms with Gasteiger partial charge >= 0.3 is 6.09 Å². The molecule has 1 heterocycles. The molecule has 7 heteroatoms. The Balaban J connectivity index is 2.20. The Morgan fingerprint density at radius 3 is 2.42 bits per heavy atom. The molecule has 0 aliphatic carbocycles. The molecule has 2 amide bonds. The number of benzene rings is 1. The Morgan fingerprint density at radius 1 is 1.16 bits per heavy atom. The van der Waals surface area contributed by atoms with Crippen molar-refractivity contribution in [1.82, 2.24) is 10.2 Å². The number of thiophene rings is 1. The van der Waals surface area contributed by atoms with Gasteiger partial charge in [-0.15, -0.1) is 11.3 Å². The number of amides is 2. The molecular formula is C24H34N2O4S. The molecule has 0 radical (unpaired) electrons. The van der Waals surface area contributed by atoms with Gasteiger partial charge in [-0.2, -0.15) is 0 Å². The van der Waals surface area contributed by atoms with Gasteiger partial charge in [0.1, 0.15) is 11.4 Å². The third-order valence-electron chi connectivity index (χ3n) is 4.62. The Labute approximate surface area is 189 Å².